The number of carbonyl (C=O) groups excluding carboxylic acids is 7. The SMILES string of the molecule is COC(=O)c1cccc(N)n1.COC(=O)c1nc(N(C(=O)OC(C)(C)C)C(=O)OC(C)(C)C)ccc1Br.COC(=O)c1nc(N)ccc1Br.COC(=O)c1nc(NC(=O)OC(C)(C)C)ccc1-c1ccoc1.OB(O)c1ccoc1. The fourth-order valence-corrected chi connectivity index (χ4v) is 6.07. The fourth-order valence-electron chi connectivity index (χ4n) is 5.30. The number of furan rings is 2. The molecular weight excluding hydrogens is 1180 g/mol. The van der Waals surface area contributed by atoms with Crippen LogP contribution in [0.2, 0.25) is 0 Å². The molecule has 430 valence electrons. The van der Waals surface area contributed by atoms with Crippen LogP contribution in [-0.4, -0.2) is 125 Å². The molecule has 0 aliphatic rings. The molecule has 80 heavy (non-hydrogen) atoms. The maximum atomic E-state index is 12.6. The first kappa shape index (κ1) is 67.7. The summed E-state index contributed by atoms with van der Waals surface area (Å²) in [5.41, 5.74) is 10.4. The van der Waals surface area contributed by atoms with Gasteiger partial charge in [0.05, 0.1) is 62.4 Å². The summed E-state index contributed by atoms with van der Waals surface area (Å²) in [5.74, 6) is -1.66. The molecule has 0 unspecified atom stereocenters. The van der Waals surface area contributed by atoms with Gasteiger partial charge < -0.3 is 63.5 Å². The number of amides is 3. The van der Waals surface area contributed by atoms with Crippen LogP contribution in [0.25, 0.3) is 11.1 Å². The highest BCUT2D eigenvalue weighted by Gasteiger charge is 2.34. The van der Waals surface area contributed by atoms with Gasteiger partial charge in [-0.15, -0.1) is 0 Å². The standard InChI is InChI=1S/C17H23BrN2O6.C16H18N2O5.C7H7BrN2O2.C7H8N2O2.C4H5BO3/c1-16(2,3)25-14(22)20(15(23)26-17(4,5)6)11-9-8-10(18)12(19-11)13(21)24-7;1-16(2,3)23-15(20)18-12-6-5-11(10-7-8-22-9-10)13(17-12)14(19)21-4;1-12-7(11)6-4(8)2-3-5(9)10-6;1-11-7(10)5-3-2-4-6(8)9-5;6-5(7)4-1-2-8-3-4/h8-9H,1-7H3;5-9H,1-4H3,(H,17,18,20);2-3H,1H3,(H2,9,10);2-4H,1H3,(H2,8,9);1-3,6-7H. The lowest BCUT2D eigenvalue weighted by atomic mass is 9.83. The molecule has 0 radical (unpaired) electrons. The molecule has 0 aromatic carbocycles. The Bertz CT molecular complexity index is 3010. The second kappa shape index (κ2) is 31.3. The van der Waals surface area contributed by atoms with Gasteiger partial charge in [0.1, 0.15) is 40.1 Å². The van der Waals surface area contributed by atoms with Crippen LogP contribution in [-0.2, 0) is 33.2 Å². The summed E-state index contributed by atoms with van der Waals surface area (Å²) in [6.45, 7) is 15.2. The number of hydrogen-bond acceptors (Lipinski definition) is 24. The Morgan fingerprint density at radius 2 is 1.05 bits per heavy atom. The molecule has 6 rings (SSSR count). The Kier molecular flexibility index (Phi) is 26.5. The van der Waals surface area contributed by atoms with E-state index in [1.165, 1.54) is 71.7 Å². The van der Waals surface area contributed by atoms with Crippen molar-refractivity contribution in [2.45, 2.75) is 79.1 Å². The van der Waals surface area contributed by atoms with Gasteiger partial charge in [-0.05, 0) is 155 Å². The van der Waals surface area contributed by atoms with Crippen molar-refractivity contribution < 1.29 is 85.6 Å². The van der Waals surface area contributed by atoms with Crippen molar-refractivity contribution >= 4 is 110 Å². The summed E-state index contributed by atoms with van der Waals surface area (Å²) >= 11 is 6.33. The van der Waals surface area contributed by atoms with Crippen LogP contribution in [0.4, 0.5) is 37.7 Å². The summed E-state index contributed by atoms with van der Waals surface area (Å²) in [6.07, 6.45) is 3.04. The maximum absolute atomic E-state index is 12.6. The van der Waals surface area contributed by atoms with Crippen LogP contribution >= 0.6 is 31.9 Å². The number of carbonyl (C=O) groups is 7. The zero-order valence-electron chi connectivity index (χ0n) is 45.8. The first-order valence-electron chi connectivity index (χ1n) is 23.1. The normalized spacial score (nSPS) is 10.5. The second-order valence-electron chi connectivity index (χ2n) is 18.4. The molecule has 0 atom stereocenters. The largest absolute Gasteiger partial charge is 0.491 e. The van der Waals surface area contributed by atoms with E-state index in [2.05, 4.69) is 75.7 Å². The number of anilines is 4. The van der Waals surface area contributed by atoms with Crippen molar-refractivity contribution in [3.05, 3.63) is 124 Å². The van der Waals surface area contributed by atoms with Crippen LogP contribution in [0, 0.1) is 0 Å². The van der Waals surface area contributed by atoms with Crippen LogP contribution < -0.4 is 27.1 Å². The number of nitrogens with one attached hydrogen (secondary N) is 1. The van der Waals surface area contributed by atoms with Gasteiger partial charge in [0.25, 0.3) is 0 Å². The molecule has 7 N–H and O–H groups in total. The Labute approximate surface area is 477 Å². The smallest absolute Gasteiger partial charge is 0.473 e. The molecule has 0 saturated heterocycles. The highest BCUT2D eigenvalue weighted by Crippen LogP contribution is 2.27. The van der Waals surface area contributed by atoms with E-state index in [1.807, 2.05) is 0 Å². The Morgan fingerprint density at radius 3 is 1.50 bits per heavy atom. The molecule has 0 saturated carbocycles. The third kappa shape index (κ3) is 23.7. The van der Waals surface area contributed by atoms with Gasteiger partial charge in [0.2, 0.25) is 0 Å². The number of nitrogens with zero attached hydrogens (tertiary/aromatic N) is 5. The highest BCUT2D eigenvalue weighted by molar-refractivity contribution is 9.10. The lowest BCUT2D eigenvalue weighted by molar-refractivity contribution is 0.0422. The predicted octanol–water partition coefficient (Wildman–Crippen LogP) is 8.41. The van der Waals surface area contributed by atoms with Crippen molar-refractivity contribution in [1.29, 1.82) is 0 Å². The highest BCUT2D eigenvalue weighted by atomic mass is 79.9. The molecule has 0 aliphatic heterocycles. The minimum atomic E-state index is -1.41. The van der Waals surface area contributed by atoms with Crippen molar-refractivity contribution in [2.24, 2.45) is 0 Å². The zero-order valence-corrected chi connectivity index (χ0v) is 49.0. The van der Waals surface area contributed by atoms with E-state index in [0.717, 1.165) is 0 Å². The lowest BCUT2D eigenvalue weighted by Crippen LogP contribution is -2.44. The van der Waals surface area contributed by atoms with Crippen LogP contribution in [0.15, 0.2) is 110 Å². The van der Waals surface area contributed by atoms with Crippen molar-refractivity contribution in [1.82, 2.24) is 19.9 Å². The number of halogens is 2. The molecule has 26 nitrogen and oxygen atoms in total. The van der Waals surface area contributed by atoms with E-state index in [4.69, 9.17) is 44.9 Å². The Hall–Kier alpha value is -8.41. The fraction of sp³-hybridized carbons (Fsp3) is 0.314. The molecule has 3 amide bonds. The molecule has 6 aromatic rings. The van der Waals surface area contributed by atoms with Gasteiger partial charge in [-0.1, -0.05) is 6.07 Å². The van der Waals surface area contributed by atoms with E-state index in [-0.39, 0.29) is 34.4 Å². The van der Waals surface area contributed by atoms with Crippen molar-refractivity contribution in [3.63, 3.8) is 0 Å². The van der Waals surface area contributed by atoms with Gasteiger partial charge in [-0.2, -0.15) is 4.90 Å². The average molecular weight is 1240 g/mol. The van der Waals surface area contributed by atoms with Crippen LogP contribution in [0.1, 0.15) is 104 Å². The molecular formula is C51H61BBr2N8O18. The quantitative estimate of drug-likeness (QED) is 0.0542. The first-order chi connectivity index (χ1) is 37.2. The summed E-state index contributed by atoms with van der Waals surface area (Å²) in [5, 5.41) is 19.3. The molecule has 0 spiro atoms. The maximum Gasteiger partial charge on any atom is 0.491 e. The number of ether oxygens (including phenoxy) is 7. The minimum absolute atomic E-state index is 0.0717. The van der Waals surface area contributed by atoms with E-state index in [9.17, 15) is 33.6 Å². The number of esters is 4. The summed E-state index contributed by atoms with van der Waals surface area (Å²) < 4.78 is 44.5. The Balaban J connectivity index is 0.000000364. The average Bonchev–Trinajstić information content (AvgIpc) is 4.13. The number of aromatic nitrogens is 4. The molecule has 0 fully saturated rings. The summed E-state index contributed by atoms with van der Waals surface area (Å²) in [4.78, 5) is 98.9. The van der Waals surface area contributed by atoms with E-state index < -0.39 is 66.1 Å². The van der Waals surface area contributed by atoms with Gasteiger partial charge >= 0.3 is 49.3 Å². The van der Waals surface area contributed by atoms with E-state index in [0.29, 0.717) is 42.1 Å². The van der Waals surface area contributed by atoms with Crippen LogP contribution in [0.5, 0.6) is 0 Å². The lowest BCUT2D eigenvalue weighted by Gasteiger charge is -2.28. The van der Waals surface area contributed by atoms with Gasteiger partial charge in [-0.25, -0.2) is 53.5 Å². The number of hydrogen-bond donors (Lipinski definition) is 5. The minimum Gasteiger partial charge on any atom is -0.473 e. The van der Waals surface area contributed by atoms with E-state index >= 15 is 0 Å². The zero-order chi connectivity index (χ0) is 60.7. The number of nitrogen functional groups attached to an aromatic ring is 2. The topological polar surface area (TPSA) is 370 Å². The van der Waals surface area contributed by atoms with E-state index in [1.54, 1.807) is 111 Å². The van der Waals surface area contributed by atoms with Crippen molar-refractivity contribution in [3.8, 4) is 11.1 Å². The number of nitrogens with two attached hydrogens (primary N) is 2. The van der Waals surface area contributed by atoms with Crippen molar-refractivity contribution in [2.75, 3.05) is 50.1 Å². The van der Waals surface area contributed by atoms with Gasteiger partial charge in [-0.3, -0.25) is 5.32 Å². The molecule has 0 aliphatic carbocycles. The number of methoxy groups -OCH3 is 4. The van der Waals surface area contributed by atoms with Crippen LogP contribution in [0.3, 0.4) is 0 Å². The number of imide groups is 1. The molecule has 0 bridgehead atoms. The number of pyridine rings is 4. The molecule has 29 heteroatoms. The first-order valence-corrected chi connectivity index (χ1v) is 24.6. The Morgan fingerprint density at radius 1 is 0.562 bits per heavy atom. The monoisotopic (exact) mass is 1240 g/mol. The predicted molar refractivity (Wildman–Crippen MR) is 298 cm³/mol. The summed E-state index contributed by atoms with van der Waals surface area (Å²) in [7, 11) is 3.64. The van der Waals surface area contributed by atoms with Gasteiger partial charge in [0.15, 0.2) is 22.8 Å². The third-order valence-electron chi connectivity index (χ3n) is 8.58. The second-order valence-corrected chi connectivity index (χ2v) is 20.1. The summed E-state index contributed by atoms with van der Waals surface area (Å²) in [6, 6.07) is 17.3. The molecule has 6 heterocycles. The number of rotatable bonds is 8. The van der Waals surface area contributed by atoms with Gasteiger partial charge in [0, 0.05) is 16.6 Å². The third-order valence-corrected chi connectivity index (χ3v) is 9.86. The molecule has 6 aromatic heterocycles.